The fourth-order valence-electron chi connectivity index (χ4n) is 2.96. The quantitative estimate of drug-likeness (QED) is 0.374. The van der Waals surface area contributed by atoms with Crippen LogP contribution in [-0.4, -0.2) is 27.4 Å². The van der Waals surface area contributed by atoms with Crippen molar-refractivity contribution in [2.45, 2.75) is 0 Å². The van der Waals surface area contributed by atoms with E-state index in [2.05, 4.69) is 5.10 Å². The first kappa shape index (κ1) is 19.0. The topological polar surface area (TPSA) is 82.1 Å². The Morgan fingerprint density at radius 3 is 2.50 bits per heavy atom. The lowest BCUT2D eigenvalue weighted by Gasteiger charge is -2.12. The monoisotopic (exact) mass is 402 g/mol. The summed E-state index contributed by atoms with van der Waals surface area (Å²) in [6, 6.07) is 15.9. The number of esters is 1. The van der Waals surface area contributed by atoms with Crippen molar-refractivity contribution < 1.29 is 18.7 Å². The summed E-state index contributed by atoms with van der Waals surface area (Å²) in [6.45, 7) is 0. The molecule has 4 aromatic rings. The second-order valence-electron chi connectivity index (χ2n) is 6.23. The molecule has 0 aliphatic heterocycles. The van der Waals surface area contributed by atoms with Gasteiger partial charge in [-0.1, -0.05) is 0 Å². The molecule has 8 heteroatoms. The van der Waals surface area contributed by atoms with Crippen LogP contribution in [0.1, 0.15) is 15.9 Å². The van der Waals surface area contributed by atoms with Crippen LogP contribution in [-0.2, 0) is 0 Å². The van der Waals surface area contributed by atoms with Crippen LogP contribution in [0.4, 0.5) is 4.39 Å². The van der Waals surface area contributed by atoms with Crippen LogP contribution < -0.4 is 9.47 Å². The first-order valence-corrected chi connectivity index (χ1v) is 8.88. The third-order valence-electron chi connectivity index (χ3n) is 4.38. The smallest absolute Gasteiger partial charge is 0.349 e. The van der Waals surface area contributed by atoms with Gasteiger partial charge in [-0.15, -0.1) is 0 Å². The average molecular weight is 402 g/mol. The van der Waals surface area contributed by atoms with Gasteiger partial charge in [0.25, 0.3) is 0 Å². The summed E-state index contributed by atoms with van der Waals surface area (Å²) in [4.78, 5) is 13.0. The summed E-state index contributed by atoms with van der Waals surface area (Å²) in [5.74, 6) is -0.161. The molecule has 0 radical (unpaired) electrons. The van der Waals surface area contributed by atoms with Gasteiger partial charge in [-0.2, -0.15) is 10.4 Å². The van der Waals surface area contributed by atoms with Crippen LogP contribution in [0.3, 0.4) is 0 Å². The lowest BCUT2D eigenvalue weighted by Crippen LogP contribution is -2.13. The standard InChI is InChI=1S/C22H15FN4O3/c1-29-20-12-15(13-24)4-9-19(20)30-22(28)18-14-25-27(17-7-5-16(23)6-8-17)21(18)26-10-2-3-11-26/h2-12,14H,1H3. The maximum atomic E-state index is 13.3. The molecular formula is C22H15FN4O3. The number of rotatable bonds is 5. The van der Waals surface area contributed by atoms with Gasteiger partial charge in [-0.05, 0) is 48.5 Å². The molecule has 2 aromatic carbocycles. The molecule has 30 heavy (non-hydrogen) atoms. The van der Waals surface area contributed by atoms with E-state index in [1.165, 1.54) is 48.3 Å². The van der Waals surface area contributed by atoms with Gasteiger partial charge in [-0.3, -0.25) is 0 Å². The zero-order chi connectivity index (χ0) is 21.1. The third kappa shape index (κ3) is 3.52. The number of nitrogens with zero attached hydrogens (tertiary/aromatic N) is 4. The molecule has 0 spiro atoms. The summed E-state index contributed by atoms with van der Waals surface area (Å²) >= 11 is 0. The maximum Gasteiger partial charge on any atom is 0.349 e. The average Bonchev–Trinajstić information content (AvgIpc) is 3.44. The van der Waals surface area contributed by atoms with Gasteiger partial charge in [0.2, 0.25) is 0 Å². The highest BCUT2D eigenvalue weighted by molar-refractivity contribution is 5.94. The van der Waals surface area contributed by atoms with E-state index in [1.54, 1.807) is 41.2 Å². The second kappa shape index (κ2) is 7.93. The van der Waals surface area contributed by atoms with Crippen LogP contribution in [0, 0.1) is 17.1 Å². The molecule has 0 aliphatic carbocycles. The number of halogens is 1. The number of carbonyl (C=O) groups is 1. The molecule has 0 saturated heterocycles. The summed E-state index contributed by atoms with van der Waals surface area (Å²) in [5, 5.41) is 13.3. The Kier molecular flexibility index (Phi) is 5.01. The number of ether oxygens (including phenoxy) is 2. The Hall–Kier alpha value is -4.38. The van der Waals surface area contributed by atoms with E-state index in [-0.39, 0.29) is 22.9 Å². The summed E-state index contributed by atoms with van der Waals surface area (Å²) in [6.07, 6.45) is 4.91. The number of nitriles is 1. The molecule has 4 rings (SSSR count). The zero-order valence-electron chi connectivity index (χ0n) is 15.8. The van der Waals surface area contributed by atoms with Gasteiger partial charge in [0.1, 0.15) is 11.4 Å². The van der Waals surface area contributed by atoms with Gasteiger partial charge in [-0.25, -0.2) is 13.9 Å². The second-order valence-corrected chi connectivity index (χ2v) is 6.23. The molecule has 0 atom stereocenters. The van der Waals surface area contributed by atoms with Gasteiger partial charge < -0.3 is 14.0 Å². The number of hydrogen-bond donors (Lipinski definition) is 0. The Bertz CT molecular complexity index is 1240. The minimum absolute atomic E-state index is 0.175. The van der Waals surface area contributed by atoms with E-state index in [1.807, 2.05) is 6.07 Å². The Morgan fingerprint density at radius 1 is 1.10 bits per heavy atom. The van der Waals surface area contributed by atoms with Crippen molar-refractivity contribution in [2.75, 3.05) is 7.11 Å². The van der Waals surface area contributed by atoms with Crippen LogP contribution in [0.25, 0.3) is 11.5 Å². The fraction of sp³-hybridized carbons (Fsp3) is 0.0455. The van der Waals surface area contributed by atoms with Crippen molar-refractivity contribution in [1.82, 2.24) is 14.3 Å². The lowest BCUT2D eigenvalue weighted by atomic mass is 10.2. The van der Waals surface area contributed by atoms with Crippen molar-refractivity contribution in [3.63, 3.8) is 0 Å². The molecule has 7 nitrogen and oxygen atoms in total. The minimum Gasteiger partial charge on any atom is -0.493 e. The SMILES string of the molecule is COc1cc(C#N)ccc1OC(=O)c1cnn(-c2ccc(F)cc2)c1-n1cccc1. The summed E-state index contributed by atoms with van der Waals surface area (Å²) < 4.78 is 27.3. The molecule has 0 bridgehead atoms. The van der Waals surface area contributed by atoms with E-state index in [9.17, 15) is 9.18 Å². The number of aromatic nitrogens is 3. The van der Waals surface area contributed by atoms with E-state index in [0.717, 1.165) is 0 Å². The maximum absolute atomic E-state index is 13.3. The van der Waals surface area contributed by atoms with Crippen LogP contribution in [0.5, 0.6) is 11.5 Å². The Balaban J connectivity index is 1.75. The van der Waals surface area contributed by atoms with Gasteiger partial charge in [0.05, 0.1) is 30.6 Å². The lowest BCUT2D eigenvalue weighted by molar-refractivity contribution is 0.0729. The molecule has 0 fully saturated rings. The predicted molar refractivity (Wildman–Crippen MR) is 106 cm³/mol. The van der Waals surface area contributed by atoms with Crippen LogP contribution >= 0.6 is 0 Å². The molecule has 0 unspecified atom stereocenters. The normalized spacial score (nSPS) is 10.4. The van der Waals surface area contributed by atoms with Crippen molar-refractivity contribution in [3.8, 4) is 29.1 Å². The van der Waals surface area contributed by atoms with Gasteiger partial charge in [0.15, 0.2) is 17.3 Å². The molecule has 148 valence electrons. The van der Waals surface area contributed by atoms with Crippen molar-refractivity contribution >= 4 is 5.97 Å². The number of methoxy groups -OCH3 is 1. The van der Waals surface area contributed by atoms with Crippen molar-refractivity contribution in [3.05, 3.63) is 90.1 Å². The number of benzene rings is 2. The Morgan fingerprint density at radius 2 is 1.83 bits per heavy atom. The van der Waals surface area contributed by atoms with E-state index >= 15 is 0 Å². The third-order valence-corrected chi connectivity index (χ3v) is 4.38. The van der Waals surface area contributed by atoms with E-state index < -0.39 is 5.97 Å². The molecule has 2 heterocycles. The first-order chi connectivity index (χ1) is 14.6. The largest absolute Gasteiger partial charge is 0.493 e. The van der Waals surface area contributed by atoms with Crippen LogP contribution in [0.15, 0.2) is 73.2 Å². The Labute approximate surface area is 171 Å². The fourth-order valence-corrected chi connectivity index (χ4v) is 2.96. The molecule has 0 amide bonds. The van der Waals surface area contributed by atoms with Gasteiger partial charge >= 0.3 is 5.97 Å². The molecule has 0 aliphatic rings. The first-order valence-electron chi connectivity index (χ1n) is 8.88. The highest BCUT2D eigenvalue weighted by Gasteiger charge is 2.23. The highest BCUT2D eigenvalue weighted by atomic mass is 19.1. The molecule has 0 N–H and O–H groups in total. The highest BCUT2D eigenvalue weighted by Crippen LogP contribution is 2.29. The minimum atomic E-state index is -0.657. The predicted octanol–water partition coefficient (Wildman–Crippen LogP) is 3.90. The van der Waals surface area contributed by atoms with Crippen molar-refractivity contribution in [2.24, 2.45) is 0 Å². The molecular weight excluding hydrogens is 387 g/mol. The van der Waals surface area contributed by atoms with E-state index in [4.69, 9.17) is 14.7 Å². The van der Waals surface area contributed by atoms with Crippen molar-refractivity contribution in [1.29, 1.82) is 5.26 Å². The van der Waals surface area contributed by atoms with Gasteiger partial charge in [0, 0.05) is 18.5 Å². The summed E-state index contributed by atoms with van der Waals surface area (Å²) in [7, 11) is 1.42. The number of hydrogen-bond acceptors (Lipinski definition) is 5. The summed E-state index contributed by atoms with van der Waals surface area (Å²) in [5.41, 5.74) is 1.15. The molecule has 2 aromatic heterocycles. The number of carbonyl (C=O) groups excluding carboxylic acids is 1. The molecule has 0 saturated carbocycles. The van der Waals surface area contributed by atoms with E-state index in [0.29, 0.717) is 17.1 Å². The zero-order valence-corrected chi connectivity index (χ0v) is 15.8. The van der Waals surface area contributed by atoms with Crippen LogP contribution in [0.2, 0.25) is 0 Å².